The molecule has 0 bridgehead atoms. The molecule has 2 aromatic rings. The second kappa shape index (κ2) is 5.47. The second-order valence-corrected chi connectivity index (χ2v) is 3.73. The lowest BCUT2D eigenvalue weighted by atomic mass is 10.2. The lowest BCUT2D eigenvalue weighted by molar-refractivity contribution is 0.420. The third-order valence-electron chi connectivity index (χ3n) is 2.35. The third kappa shape index (κ3) is 2.70. The van der Waals surface area contributed by atoms with Crippen molar-refractivity contribution in [2.45, 2.75) is 19.9 Å². The van der Waals surface area contributed by atoms with Crippen molar-refractivity contribution >= 4 is 0 Å². The molecule has 16 heavy (non-hydrogen) atoms. The molecule has 0 unspecified atom stereocenters. The van der Waals surface area contributed by atoms with Crippen LogP contribution in [0.2, 0.25) is 0 Å². The summed E-state index contributed by atoms with van der Waals surface area (Å²) in [4.78, 5) is 0. The van der Waals surface area contributed by atoms with Gasteiger partial charge in [-0.3, -0.25) is 0 Å². The third-order valence-corrected chi connectivity index (χ3v) is 2.35. The fourth-order valence-corrected chi connectivity index (χ4v) is 1.53. The van der Waals surface area contributed by atoms with Crippen LogP contribution in [0.15, 0.2) is 40.9 Å². The Morgan fingerprint density at radius 1 is 1.25 bits per heavy atom. The topological polar surface area (TPSA) is 38.1 Å². The molecule has 2 rings (SSSR count). The average molecular weight is 216 g/mol. The Balaban J connectivity index is 2.02. The summed E-state index contributed by atoms with van der Waals surface area (Å²) in [6.07, 6.45) is 1.13. The zero-order valence-electron chi connectivity index (χ0n) is 9.44. The minimum atomic E-state index is 0.768. The highest BCUT2D eigenvalue weighted by molar-refractivity contribution is 5.56. The van der Waals surface area contributed by atoms with Gasteiger partial charge >= 0.3 is 0 Å². The van der Waals surface area contributed by atoms with Gasteiger partial charge < -0.3 is 9.84 Å². The maximum atomic E-state index is 5.29. The molecule has 84 valence electrons. The molecular formula is C13H16N2O. The molecule has 1 N–H and O–H groups in total. The molecule has 0 spiro atoms. The summed E-state index contributed by atoms with van der Waals surface area (Å²) in [5, 5.41) is 7.32. The summed E-state index contributed by atoms with van der Waals surface area (Å²) >= 11 is 0. The van der Waals surface area contributed by atoms with Gasteiger partial charge in [0.1, 0.15) is 0 Å². The van der Waals surface area contributed by atoms with Gasteiger partial charge in [0.15, 0.2) is 5.76 Å². The van der Waals surface area contributed by atoms with Gasteiger partial charge in [-0.25, -0.2) is 0 Å². The van der Waals surface area contributed by atoms with Crippen molar-refractivity contribution in [1.29, 1.82) is 0 Å². The number of hydrogen-bond acceptors (Lipinski definition) is 3. The largest absolute Gasteiger partial charge is 0.356 e. The van der Waals surface area contributed by atoms with Crippen molar-refractivity contribution in [2.75, 3.05) is 6.54 Å². The Hall–Kier alpha value is -1.61. The lowest BCUT2D eigenvalue weighted by Crippen LogP contribution is -2.13. The van der Waals surface area contributed by atoms with Crippen LogP contribution in [0.1, 0.15) is 19.0 Å². The van der Waals surface area contributed by atoms with Crippen molar-refractivity contribution in [3.8, 4) is 11.3 Å². The molecule has 3 nitrogen and oxygen atoms in total. The van der Waals surface area contributed by atoms with E-state index in [1.165, 1.54) is 0 Å². The molecule has 3 heteroatoms. The molecule has 0 amide bonds. The van der Waals surface area contributed by atoms with Crippen LogP contribution in [0, 0.1) is 0 Å². The second-order valence-electron chi connectivity index (χ2n) is 3.73. The molecular weight excluding hydrogens is 200 g/mol. The predicted molar refractivity (Wildman–Crippen MR) is 63.9 cm³/mol. The molecule has 0 aliphatic carbocycles. The van der Waals surface area contributed by atoms with E-state index >= 15 is 0 Å². The van der Waals surface area contributed by atoms with E-state index in [1.54, 1.807) is 0 Å². The minimum Gasteiger partial charge on any atom is -0.356 e. The highest BCUT2D eigenvalue weighted by Gasteiger charge is 2.05. The number of nitrogens with zero attached hydrogens (tertiary/aromatic N) is 1. The summed E-state index contributed by atoms with van der Waals surface area (Å²) in [5.74, 6) is 0.828. The summed E-state index contributed by atoms with van der Waals surface area (Å²) in [5.41, 5.74) is 2.02. The van der Waals surface area contributed by atoms with E-state index in [0.29, 0.717) is 0 Å². The number of hydrogen-bond donors (Lipinski definition) is 1. The van der Waals surface area contributed by atoms with Gasteiger partial charge in [0.2, 0.25) is 0 Å². The van der Waals surface area contributed by atoms with Crippen molar-refractivity contribution in [1.82, 2.24) is 10.5 Å². The van der Waals surface area contributed by atoms with Crippen molar-refractivity contribution in [2.24, 2.45) is 0 Å². The maximum absolute atomic E-state index is 5.29. The Bertz CT molecular complexity index is 423. The van der Waals surface area contributed by atoms with E-state index in [2.05, 4.69) is 17.4 Å². The van der Waals surface area contributed by atoms with Crippen LogP contribution in [0.3, 0.4) is 0 Å². The maximum Gasteiger partial charge on any atom is 0.167 e. The first kappa shape index (κ1) is 10.9. The summed E-state index contributed by atoms with van der Waals surface area (Å²) in [6.45, 7) is 3.92. The van der Waals surface area contributed by atoms with Gasteiger partial charge in [-0.2, -0.15) is 0 Å². The average Bonchev–Trinajstić information content (AvgIpc) is 2.79. The van der Waals surface area contributed by atoms with Crippen LogP contribution in [0.25, 0.3) is 11.3 Å². The highest BCUT2D eigenvalue weighted by Crippen LogP contribution is 2.19. The fourth-order valence-electron chi connectivity index (χ4n) is 1.53. The zero-order chi connectivity index (χ0) is 11.2. The van der Waals surface area contributed by atoms with Crippen LogP contribution < -0.4 is 5.32 Å². The van der Waals surface area contributed by atoms with Gasteiger partial charge in [0.25, 0.3) is 0 Å². The SMILES string of the molecule is CCCNCc1cc(-c2ccccc2)on1. The molecule has 1 aromatic carbocycles. The van der Waals surface area contributed by atoms with Crippen molar-refractivity contribution in [3.05, 3.63) is 42.1 Å². The van der Waals surface area contributed by atoms with E-state index in [4.69, 9.17) is 4.52 Å². The van der Waals surface area contributed by atoms with E-state index in [0.717, 1.165) is 36.5 Å². The Labute approximate surface area is 95.5 Å². The smallest absolute Gasteiger partial charge is 0.167 e. The molecule has 0 saturated carbocycles. The first-order chi connectivity index (χ1) is 7.90. The molecule has 0 radical (unpaired) electrons. The Kier molecular flexibility index (Phi) is 3.72. The number of nitrogens with one attached hydrogen (secondary N) is 1. The first-order valence-corrected chi connectivity index (χ1v) is 5.62. The summed E-state index contributed by atoms with van der Waals surface area (Å²) < 4.78 is 5.29. The monoisotopic (exact) mass is 216 g/mol. The Morgan fingerprint density at radius 2 is 2.06 bits per heavy atom. The zero-order valence-corrected chi connectivity index (χ0v) is 9.44. The quantitative estimate of drug-likeness (QED) is 0.781. The summed E-state index contributed by atoms with van der Waals surface area (Å²) in [6, 6.07) is 12.0. The molecule has 1 heterocycles. The van der Waals surface area contributed by atoms with Gasteiger partial charge in [0.05, 0.1) is 5.69 Å². The fraction of sp³-hybridized carbons (Fsp3) is 0.308. The van der Waals surface area contributed by atoms with Gasteiger partial charge in [0, 0.05) is 18.2 Å². The van der Waals surface area contributed by atoms with Crippen LogP contribution in [0.5, 0.6) is 0 Å². The lowest BCUT2D eigenvalue weighted by Gasteiger charge is -1.96. The van der Waals surface area contributed by atoms with Crippen LogP contribution >= 0.6 is 0 Å². The molecule has 0 aliphatic heterocycles. The summed E-state index contributed by atoms with van der Waals surface area (Å²) in [7, 11) is 0. The van der Waals surface area contributed by atoms with Crippen LogP contribution in [-0.2, 0) is 6.54 Å². The van der Waals surface area contributed by atoms with E-state index in [1.807, 2.05) is 36.4 Å². The number of benzene rings is 1. The van der Waals surface area contributed by atoms with Gasteiger partial charge in [-0.15, -0.1) is 0 Å². The minimum absolute atomic E-state index is 0.768. The predicted octanol–water partition coefficient (Wildman–Crippen LogP) is 2.84. The molecule has 0 atom stereocenters. The van der Waals surface area contributed by atoms with Gasteiger partial charge in [-0.1, -0.05) is 42.4 Å². The van der Waals surface area contributed by atoms with Crippen molar-refractivity contribution < 1.29 is 4.52 Å². The molecule has 0 aliphatic rings. The normalized spacial score (nSPS) is 10.6. The number of aromatic nitrogens is 1. The van der Waals surface area contributed by atoms with Crippen LogP contribution in [0.4, 0.5) is 0 Å². The van der Waals surface area contributed by atoms with E-state index in [-0.39, 0.29) is 0 Å². The van der Waals surface area contributed by atoms with Crippen LogP contribution in [-0.4, -0.2) is 11.7 Å². The van der Waals surface area contributed by atoms with Crippen molar-refractivity contribution in [3.63, 3.8) is 0 Å². The van der Waals surface area contributed by atoms with E-state index in [9.17, 15) is 0 Å². The molecule has 0 fully saturated rings. The molecule has 1 aromatic heterocycles. The molecule has 0 saturated heterocycles. The number of rotatable bonds is 5. The first-order valence-electron chi connectivity index (χ1n) is 5.62. The Morgan fingerprint density at radius 3 is 2.81 bits per heavy atom. The standard InChI is InChI=1S/C13H16N2O/c1-2-8-14-10-12-9-13(16-15-12)11-6-4-3-5-7-11/h3-7,9,14H,2,8,10H2,1H3. The van der Waals surface area contributed by atoms with E-state index < -0.39 is 0 Å². The highest BCUT2D eigenvalue weighted by atomic mass is 16.5. The van der Waals surface area contributed by atoms with Gasteiger partial charge in [-0.05, 0) is 13.0 Å².